The van der Waals surface area contributed by atoms with E-state index in [4.69, 9.17) is 0 Å². The number of sulfonamides is 1. The van der Waals surface area contributed by atoms with E-state index in [9.17, 15) is 8.42 Å². The van der Waals surface area contributed by atoms with Gasteiger partial charge < -0.3 is 10.6 Å². The molecule has 0 saturated heterocycles. The Bertz CT molecular complexity index is 581. The zero-order valence-electron chi connectivity index (χ0n) is 13.7. The number of rotatable bonds is 8. The monoisotopic (exact) mass is 346 g/mol. The second-order valence-electron chi connectivity index (χ2n) is 4.97. The average molecular weight is 347 g/mol. The first-order valence-electron chi connectivity index (χ1n) is 7.31. The van der Waals surface area contributed by atoms with Gasteiger partial charge >= 0.3 is 0 Å². The third-order valence-electron chi connectivity index (χ3n) is 3.15. The summed E-state index contributed by atoms with van der Waals surface area (Å²) in [7, 11) is -1.38. The van der Waals surface area contributed by atoms with E-state index in [2.05, 4.69) is 34.7 Å². The van der Waals surface area contributed by atoms with Gasteiger partial charge in [0.25, 0.3) is 0 Å². The maximum atomic E-state index is 11.5. The summed E-state index contributed by atoms with van der Waals surface area (Å²) in [6.45, 7) is 6.37. The van der Waals surface area contributed by atoms with E-state index in [-0.39, 0.29) is 0 Å². The number of nitrogens with zero attached hydrogens (tertiary/aromatic N) is 2. The lowest BCUT2D eigenvalue weighted by Crippen LogP contribution is -2.39. The van der Waals surface area contributed by atoms with Crippen LogP contribution in [0.3, 0.4) is 0 Å². The van der Waals surface area contributed by atoms with Crippen molar-refractivity contribution in [3.05, 3.63) is 21.9 Å². The maximum Gasteiger partial charge on any atom is 0.211 e. The van der Waals surface area contributed by atoms with Crippen LogP contribution in [-0.2, 0) is 16.6 Å². The average Bonchev–Trinajstić information content (AvgIpc) is 2.86. The molecule has 22 heavy (non-hydrogen) atoms. The van der Waals surface area contributed by atoms with Gasteiger partial charge in [-0.1, -0.05) is 6.92 Å². The molecule has 6 nitrogen and oxygen atoms in total. The molecule has 2 N–H and O–H groups in total. The van der Waals surface area contributed by atoms with Gasteiger partial charge in [0, 0.05) is 36.4 Å². The molecule has 0 aromatic carbocycles. The quantitative estimate of drug-likeness (QED) is 0.424. The van der Waals surface area contributed by atoms with Crippen molar-refractivity contribution >= 4 is 27.3 Å². The standard InChI is InChI=1S/C14H26N4O2S2/c1-5-18(22(4,19)20)10-6-9-16-14(15-3)17-11-13-8-7-12(2)21-13/h7-8H,5-6,9-11H2,1-4H3,(H2,15,16,17). The molecule has 0 radical (unpaired) electrons. The van der Waals surface area contributed by atoms with Crippen LogP contribution >= 0.6 is 11.3 Å². The number of thiophene rings is 1. The van der Waals surface area contributed by atoms with Crippen LogP contribution in [0.5, 0.6) is 0 Å². The van der Waals surface area contributed by atoms with Crippen molar-refractivity contribution in [2.24, 2.45) is 4.99 Å². The summed E-state index contributed by atoms with van der Waals surface area (Å²) in [5.74, 6) is 0.730. The van der Waals surface area contributed by atoms with E-state index in [1.807, 2.05) is 6.92 Å². The van der Waals surface area contributed by atoms with Crippen LogP contribution in [0.2, 0.25) is 0 Å². The molecular formula is C14H26N4O2S2. The van der Waals surface area contributed by atoms with Gasteiger partial charge in [-0.2, -0.15) is 0 Å². The Morgan fingerprint density at radius 2 is 2.09 bits per heavy atom. The van der Waals surface area contributed by atoms with Crippen molar-refractivity contribution < 1.29 is 8.42 Å². The van der Waals surface area contributed by atoms with Crippen molar-refractivity contribution in [1.82, 2.24) is 14.9 Å². The second-order valence-corrected chi connectivity index (χ2v) is 8.33. The predicted octanol–water partition coefficient (Wildman–Crippen LogP) is 1.39. The van der Waals surface area contributed by atoms with Gasteiger partial charge in [-0.25, -0.2) is 12.7 Å². The maximum absolute atomic E-state index is 11.5. The molecule has 1 rings (SSSR count). The molecular weight excluding hydrogens is 320 g/mol. The van der Waals surface area contributed by atoms with E-state index in [0.717, 1.165) is 18.9 Å². The van der Waals surface area contributed by atoms with Crippen molar-refractivity contribution in [2.45, 2.75) is 26.8 Å². The summed E-state index contributed by atoms with van der Waals surface area (Å²) >= 11 is 1.76. The number of aryl methyl sites for hydroxylation is 1. The highest BCUT2D eigenvalue weighted by Gasteiger charge is 2.13. The zero-order chi connectivity index (χ0) is 16.6. The number of hydrogen-bond acceptors (Lipinski definition) is 4. The van der Waals surface area contributed by atoms with Gasteiger partial charge in [0.1, 0.15) is 0 Å². The molecule has 0 amide bonds. The molecule has 0 bridgehead atoms. The highest BCUT2D eigenvalue weighted by Crippen LogP contribution is 2.14. The molecule has 8 heteroatoms. The Labute approximate surface area is 137 Å². The molecule has 0 spiro atoms. The van der Waals surface area contributed by atoms with Gasteiger partial charge in [0.15, 0.2) is 5.96 Å². The van der Waals surface area contributed by atoms with Crippen molar-refractivity contribution in [3.8, 4) is 0 Å². The van der Waals surface area contributed by atoms with Crippen LogP contribution in [0, 0.1) is 6.92 Å². The molecule has 126 valence electrons. The van der Waals surface area contributed by atoms with E-state index in [1.165, 1.54) is 20.3 Å². The fraction of sp³-hybridized carbons (Fsp3) is 0.643. The molecule has 0 aliphatic rings. The van der Waals surface area contributed by atoms with E-state index < -0.39 is 10.0 Å². The molecule has 1 heterocycles. The first-order chi connectivity index (χ1) is 10.4. The molecule has 0 aliphatic heterocycles. The van der Waals surface area contributed by atoms with Crippen LogP contribution in [0.4, 0.5) is 0 Å². The van der Waals surface area contributed by atoms with Gasteiger partial charge in [-0.3, -0.25) is 4.99 Å². The van der Waals surface area contributed by atoms with Crippen molar-refractivity contribution in [1.29, 1.82) is 0 Å². The van der Waals surface area contributed by atoms with E-state index in [0.29, 0.717) is 19.6 Å². The fourth-order valence-electron chi connectivity index (χ4n) is 1.99. The van der Waals surface area contributed by atoms with Crippen LogP contribution in [0.25, 0.3) is 0 Å². The Morgan fingerprint density at radius 3 is 2.59 bits per heavy atom. The van der Waals surface area contributed by atoms with Crippen molar-refractivity contribution in [2.75, 3.05) is 32.9 Å². The SMILES string of the molecule is CCN(CCCNC(=NC)NCc1ccc(C)s1)S(C)(=O)=O. The minimum absolute atomic E-state index is 0.504. The summed E-state index contributed by atoms with van der Waals surface area (Å²) < 4.78 is 24.4. The van der Waals surface area contributed by atoms with Gasteiger partial charge in [0.2, 0.25) is 10.0 Å². The zero-order valence-corrected chi connectivity index (χ0v) is 15.4. The third kappa shape index (κ3) is 6.76. The van der Waals surface area contributed by atoms with E-state index in [1.54, 1.807) is 18.4 Å². The predicted molar refractivity (Wildman–Crippen MR) is 94.0 cm³/mol. The Morgan fingerprint density at radius 1 is 1.36 bits per heavy atom. The van der Waals surface area contributed by atoms with Crippen LogP contribution < -0.4 is 10.6 Å². The molecule has 0 unspecified atom stereocenters. The molecule has 0 fully saturated rings. The highest BCUT2D eigenvalue weighted by molar-refractivity contribution is 7.88. The molecule has 1 aromatic heterocycles. The molecule has 1 aromatic rings. The first kappa shape index (κ1) is 18.9. The summed E-state index contributed by atoms with van der Waals surface area (Å²) in [5.41, 5.74) is 0. The number of aliphatic imine (C=N–C) groups is 1. The van der Waals surface area contributed by atoms with Crippen molar-refractivity contribution in [3.63, 3.8) is 0 Å². The topological polar surface area (TPSA) is 73.8 Å². The van der Waals surface area contributed by atoms with Gasteiger partial charge in [0.05, 0.1) is 12.8 Å². The first-order valence-corrected chi connectivity index (χ1v) is 9.98. The number of hydrogen-bond donors (Lipinski definition) is 2. The second kappa shape index (κ2) is 9.12. The van der Waals surface area contributed by atoms with Crippen LogP contribution in [0.1, 0.15) is 23.1 Å². The lowest BCUT2D eigenvalue weighted by atomic mass is 10.4. The smallest absolute Gasteiger partial charge is 0.211 e. The van der Waals surface area contributed by atoms with Crippen LogP contribution in [-0.4, -0.2) is 51.6 Å². The minimum Gasteiger partial charge on any atom is -0.356 e. The highest BCUT2D eigenvalue weighted by atomic mass is 32.2. The summed E-state index contributed by atoms with van der Waals surface area (Å²) in [5, 5.41) is 6.45. The Balaban J connectivity index is 2.30. The molecule has 0 atom stereocenters. The Kier molecular flexibility index (Phi) is 7.84. The third-order valence-corrected chi connectivity index (χ3v) is 5.53. The summed E-state index contributed by atoms with van der Waals surface area (Å²) in [6, 6.07) is 4.20. The molecule has 0 aliphatic carbocycles. The Hall–Kier alpha value is -1.12. The van der Waals surface area contributed by atoms with E-state index >= 15 is 0 Å². The largest absolute Gasteiger partial charge is 0.356 e. The lowest BCUT2D eigenvalue weighted by molar-refractivity contribution is 0.424. The fourth-order valence-corrected chi connectivity index (χ4v) is 3.75. The minimum atomic E-state index is -3.10. The summed E-state index contributed by atoms with van der Waals surface area (Å²) in [6.07, 6.45) is 1.98. The number of nitrogens with one attached hydrogen (secondary N) is 2. The lowest BCUT2D eigenvalue weighted by Gasteiger charge is -2.18. The van der Waals surface area contributed by atoms with Crippen LogP contribution in [0.15, 0.2) is 17.1 Å². The summed E-state index contributed by atoms with van der Waals surface area (Å²) in [4.78, 5) is 6.71. The van der Waals surface area contributed by atoms with Gasteiger partial charge in [-0.05, 0) is 25.5 Å². The normalized spacial score (nSPS) is 12.7. The number of guanidine groups is 1. The molecule has 0 saturated carbocycles. The van der Waals surface area contributed by atoms with Gasteiger partial charge in [-0.15, -0.1) is 11.3 Å².